The fourth-order valence-corrected chi connectivity index (χ4v) is 3.30. The molecule has 2 unspecified atom stereocenters. The van der Waals surface area contributed by atoms with E-state index >= 15 is 0 Å². The molecule has 0 bridgehead atoms. The summed E-state index contributed by atoms with van der Waals surface area (Å²) in [6.45, 7) is 6.14. The number of hydrogen-bond donors (Lipinski definition) is 1. The molecule has 0 spiro atoms. The molecule has 1 nitrogen and oxygen atoms in total. The largest absolute Gasteiger partial charge is 0.378 e. The maximum absolute atomic E-state index is 14.0. The Morgan fingerprint density at radius 1 is 1.25 bits per heavy atom. The molecule has 0 aliphatic heterocycles. The van der Waals surface area contributed by atoms with Crippen molar-refractivity contribution in [1.82, 2.24) is 0 Å². The lowest BCUT2D eigenvalue weighted by Gasteiger charge is -2.31. The fraction of sp³-hybridized carbons (Fsp3) is 0.647. The summed E-state index contributed by atoms with van der Waals surface area (Å²) in [7, 11) is 0. The monoisotopic (exact) mass is 281 g/mol. The highest BCUT2D eigenvalue weighted by Crippen LogP contribution is 2.32. The number of benzene rings is 1. The van der Waals surface area contributed by atoms with Gasteiger partial charge < -0.3 is 5.32 Å². The first kappa shape index (κ1) is 15.3. The van der Waals surface area contributed by atoms with Crippen LogP contribution >= 0.6 is 0 Å². The van der Waals surface area contributed by atoms with Crippen LogP contribution in [0.5, 0.6) is 0 Å². The van der Waals surface area contributed by atoms with Gasteiger partial charge in [0, 0.05) is 6.04 Å². The van der Waals surface area contributed by atoms with Gasteiger partial charge in [-0.2, -0.15) is 0 Å². The van der Waals surface area contributed by atoms with Gasteiger partial charge in [0.1, 0.15) is 11.5 Å². The highest BCUT2D eigenvalue weighted by atomic mass is 19.1. The summed E-state index contributed by atoms with van der Waals surface area (Å²) in [5.41, 5.74) is 0.545. The van der Waals surface area contributed by atoms with Crippen molar-refractivity contribution in [1.29, 1.82) is 0 Å². The molecule has 1 N–H and O–H groups in total. The van der Waals surface area contributed by atoms with Crippen LogP contribution in [0.15, 0.2) is 12.1 Å². The average molecular weight is 281 g/mol. The molecule has 3 heteroatoms. The van der Waals surface area contributed by atoms with Crippen LogP contribution in [0.25, 0.3) is 0 Å². The lowest BCUT2D eigenvalue weighted by molar-refractivity contribution is 0.288. The SMILES string of the molecule is Cc1ccc(F)c(NC2CCCC(CC(C)C)C2)c1F. The first-order valence-corrected chi connectivity index (χ1v) is 7.68. The van der Waals surface area contributed by atoms with E-state index in [4.69, 9.17) is 0 Å². The molecule has 2 rings (SSSR count). The number of nitrogens with one attached hydrogen (secondary N) is 1. The van der Waals surface area contributed by atoms with E-state index in [9.17, 15) is 8.78 Å². The molecule has 1 fully saturated rings. The van der Waals surface area contributed by atoms with Gasteiger partial charge in [-0.05, 0) is 49.7 Å². The molecule has 0 amide bonds. The van der Waals surface area contributed by atoms with Crippen LogP contribution in [-0.4, -0.2) is 6.04 Å². The van der Waals surface area contributed by atoms with Crippen LogP contribution in [0.3, 0.4) is 0 Å². The first-order valence-electron chi connectivity index (χ1n) is 7.68. The van der Waals surface area contributed by atoms with E-state index in [1.54, 1.807) is 6.92 Å². The van der Waals surface area contributed by atoms with Crippen LogP contribution in [0.4, 0.5) is 14.5 Å². The standard InChI is InChI=1S/C17H25F2N/c1-11(2)9-13-5-4-6-14(10-13)20-17-15(18)8-7-12(3)16(17)19/h7-8,11,13-14,20H,4-6,9-10H2,1-3H3. The molecular formula is C17H25F2N. The third kappa shape index (κ3) is 3.71. The van der Waals surface area contributed by atoms with E-state index in [1.807, 2.05) is 0 Å². The summed E-state index contributed by atoms with van der Waals surface area (Å²) in [4.78, 5) is 0. The second-order valence-electron chi connectivity index (χ2n) is 6.56. The van der Waals surface area contributed by atoms with Gasteiger partial charge in [-0.25, -0.2) is 8.78 Å². The summed E-state index contributed by atoms with van der Waals surface area (Å²) in [6.07, 6.45) is 5.61. The lowest BCUT2D eigenvalue weighted by Crippen LogP contribution is -2.28. The van der Waals surface area contributed by atoms with Crippen LogP contribution in [-0.2, 0) is 0 Å². The Hall–Kier alpha value is -1.12. The Labute approximate surface area is 120 Å². The zero-order valence-electron chi connectivity index (χ0n) is 12.7. The Bertz CT molecular complexity index is 457. The molecule has 0 heterocycles. The highest BCUT2D eigenvalue weighted by molar-refractivity contribution is 5.49. The number of aryl methyl sites for hydroxylation is 1. The number of anilines is 1. The van der Waals surface area contributed by atoms with Crippen LogP contribution < -0.4 is 5.32 Å². The first-order chi connectivity index (χ1) is 9.47. The molecule has 1 aliphatic carbocycles. The number of rotatable bonds is 4. The molecule has 0 radical (unpaired) electrons. The van der Waals surface area contributed by atoms with Gasteiger partial charge in [0.2, 0.25) is 0 Å². The van der Waals surface area contributed by atoms with Gasteiger partial charge in [-0.1, -0.05) is 32.8 Å². The summed E-state index contributed by atoms with van der Waals surface area (Å²) in [6, 6.07) is 3.02. The van der Waals surface area contributed by atoms with Crippen LogP contribution in [0.2, 0.25) is 0 Å². The Morgan fingerprint density at radius 3 is 2.70 bits per heavy atom. The third-order valence-electron chi connectivity index (χ3n) is 4.22. The van der Waals surface area contributed by atoms with Crippen molar-refractivity contribution in [2.45, 2.75) is 58.9 Å². The molecule has 112 valence electrons. The average Bonchev–Trinajstić information content (AvgIpc) is 2.39. The minimum absolute atomic E-state index is 0.0557. The van der Waals surface area contributed by atoms with Crippen molar-refractivity contribution in [3.05, 3.63) is 29.3 Å². The maximum Gasteiger partial charge on any atom is 0.152 e. The van der Waals surface area contributed by atoms with Crippen molar-refractivity contribution >= 4 is 5.69 Å². The van der Waals surface area contributed by atoms with Crippen molar-refractivity contribution in [3.8, 4) is 0 Å². The van der Waals surface area contributed by atoms with E-state index in [0.29, 0.717) is 17.4 Å². The van der Waals surface area contributed by atoms with E-state index in [2.05, 4.69) is 19.2 Å². The molecular weight excluding hydrogens is 256 g/mol. The summed E-state index contributed by atoms with van der Waals surface area (Å²) >= 11 is 0. The van der Waals surface area contributed by atoms with Crippen molar-refractivity contribution < 1.29 is 8.78 Å². The summed E-state index contributed by atoms with van der Waals surface area (Å²) < 4.78 is 27.8. The van der Waals surface area contributed by atoms with Gasteiger partial charge in [0.05, 0.1) is 0 Å². The summed E-state index contributed by atoms with van der Waals surface area (Å²) in [5, 5.41) is 3.11. The van der Waals surface area contributed by atoms with Crippen LogP contribution in [0.1, 0.15) is 51.5 Å². The Balaban J connectivity index is 2.04. The maximum atomic E-state index is 14.0. The Kier molecular flexibility index (Phi) is 5.00. The summed E-state index contributed by atoms with van der Waals surface area (Å²) in [5.74, 6) is 0.429. The minimum Gasteiger partial charge on any atom is -0.378 e. The van der Waals surface area contributed by atoms with Gasteiger partial charge in [0.15, 0.2) is 5.82 Å². The van der Waals surface area contributed by atoms with E-state index < -0.39 is 11.6 Å². The predicted octanol–water partition coefficient (Wildman–Crippen LogP) is 5.29. The van der Waals surface area contributed by atoms with Gasteiger partial charge >= 0.3 is 0 Å². The van der Waals surface area contributed by atoms with Crippen LogP contribution in [0, 0.1) is 30.4 Å². The molecule has 1 saturated carbocycles. The highest BCUT2D eigenvalue weighted by Gasteiger charge is 2.24. The molecule has 1 aliphatic rings. The molecule has 2 atom stereocenters. The van der Waals surface area contributed by atoms with E-state index in [0.717, 1.165) is 19.3 Å². The predicted molar refractivity (Wildman–Crippen MR) is 79.9 cm³/mol. The second kappa shape index (κ2) is 6.55. The molecule has 20 heavy (non-hydrogen) atoms. The van der Waals surface area contributed by atoms with E-state index in [-0.39, 0.29) is 11.7 Å². The molecule has 1 aromatic rings. The normalized spacial score (nSPS) is 23.1. The van der Waals surface area contributed by atoms with Gasteiger partial charge in [-0.15, -0.1) is 0 Å². The third-order valence-corrected chi connectivity index (χ3v) is 4.22. The van der Waals surface area contributed by atoms with Crippen molar-refractivity contribution in [3.63, 3.8) is 0 Å². The van der Waals surface area contributed by atoms with Crippen molar-refractivity contribution in [2.24, 2.45) is 11.8 Å². The minimum atomic E-state index is -0.487. The van der Waals surface area contributed by atoms with E-state index in [1.165, 1.54) is 25.0 Å². The topological polar surface area (TPSA) is 12.0 Å². The van der Waals surface area contributed by atoms with Gasteiger partial charge in [0.25, 0.3) is 0 Å². The Morgan fingerprint density at radius 2 is 2.00 bits per heavy atom. The van der Waals surface area contributed by atoms with Crippen molar-refractivity contribution in [2.75, 3.05) is 5.32 Å². The number of hydrogen-bond acceptors (Lipinski definition) is 1. The molecule has 1 aromatic carbocycles. The zero-order chi connectivity index (χ0) is 14.7. The quantitative estimate of drug-likeness (QED) is 0.790. The zero-order valence-corrected chi connectivity index (χ0v) is 12.7. The number of halogens is 2. The fourth-order valence-electron chi connectivity index (χ4n) is 3.30. The lowest BCUT2D eigenvalue weighted by atomic mass is 9.81. The molecule has 0 saturated heterocycles. The smallest absolute Gasteiger partial charge is 0.152 e. The second-order valence-corrected chi connectivity index (χ2v) is 6.56. The van der Waals surface area contributed by atoms with Gasteiger partial charge in [-0.3, -0.25) is 0 Å². The molecule has 0 aromatic heterocycles.